The molecule has 3 rings (SSSR count). The first-order valence-electron chi connectivity index (χ1n) is 7.77. The van der Waals surface area contributed by atoms with E-state index in [1.165, 1.54) is 14.2 Å². The molecule has 0 spiro atoms. The van der Waals surface area contributed by atoms with Crippen LogP contribution in [0.3, 0.4) is 0 Å². The van der Waals surface area contributed by atoms with Crippen molar-refractivity contribution < 1.29 is 19.1 Å². The molecule has 0 heterocycles. The molecule has 2 bridgehead atoms. The first-order valence-corrected chi connectivity index (χ1v) is 7.77. The average Bonchev–Trinajstić information content (AvgIpc) is 2.89. The van der Waals surface area contributed by atoms with Crippen molar-refractivity contribution in [3.05, 3.63) is 58.7 Å². The Labute approximate surface area is 135 Å². The first-order chi connectivity index (χ1) is 11.1. The summed E-state index contributed by atoms with van der Waals surface area (Å²) in [5.74, 6) is -0.217. The van der Waals surface area contributed by atoms with E-state index >= 15 is 0 Å². The highest BCUT2D eigenvalue weighted by molar-refractivity contribution is 6.02. The van der Waals surface area contributed by atoms with Crippen molar-refractivity contribution in [3.63, 3.8) is 0 Å². The second-order valence-electron chi connectivity index (χ2n) is 6.01. The molecule has 2 atom stereocenters. The molecule has 120 valence electrons. The standard InChI is InChI=1S/C19H20O4/c1-22-18(20)16-10-14-8-12-5-3-4-6-13(7-12)9-15(14)11-17(16)19(21)23-2/h3-6,8-9,12-13H,7,10-11H2,1-2H3. The number of ether oxygens (including phenoxy) is 2. The van der Waals surface area contributed by atoms with Crippen LogP contribution in [0.15, 0.2) is 58.7 Å². The summed E-state index contributed by atoms with van der Waals surface area (Å²) in [5.41, 5.74) is 3.06. The third-order valence-corrected chi connectivity index (χ3v) is 4.58. The molecule has 0 aromatic carbocycles. The van der Waals surface area contributed by atoms with E-state index in [0.29, 0.717) is 35.8 Å². The van der Waals surface area contributed by atoms with E-state index in [-0.39, 0.29) is 0 Å². The lowest BCUT2D eigenvalue weighted by atomic mass is 9.82. The molecule has 0 radical (unpaired) electrons. The highest BCUT2D eigenvalue weighted by Gasteiger charge is 2.31. The van der Waals surface area contributed by atoms with E-state index in [4.69, 9.17) is 9.47 Å². The predicted molar refractivity (Wildman–Crippen MR) is 86.3 cm³/mol. The number of hydrogen-bond acceptors (Lipinski definition) is 4. The molecule has 0 saturated heterocycles. The Kier molecular flexibility index (Phi) is 4.33. The molecule has 0 aliphatic heterocycles. The molecule has 3 aliphatic rings. The predicted octanol–water partition coefficient (Wildman–Crippen LogP) is 3.04. The summed E-state index contributed by atoms with van der Waals surface area (Å²) in [6.45, 7) is 0. The Morgan fingerprint density at radius 1 is 0.870 bits per heavy atom. The summed E-state index contributed by atoms with van der Waals surface area (Å²) in [6.07, 6.45) is 14.8. The van der Waals surface area contributed by atoms with Gasteiger partial charge in [-0.15, -0.1) is 0 Å². The maximum atomic E-state index is 12.1. The molecule has 2 unspecified atom stereocenters. The Balaban J connectivity index is 2.05. The molecule has 4 heteroatoms. The van der Waals surface area contributed by atoms with Crippen molar-refractivity contribution in [2.24, 2.45) is 11.8 Å². The third kappa shape index (κ3) is 3.07. The fourth-order valence-corrected chi connectivity index (χ4v) is 3.44. The van der Waals surface area contributed by atoms with Gasteiger partial charge in [0.1, 0.15) is 0 Å². The lowest BCUT2D eigenvalue weighted by Gasteiger charge is -2.23. The number of hydrogen-bond donors (Lipinski definition) is 0. The molecular formula is C19H20O4. The summed E-state index contributed by atoms with van der Waals surface area (Å²) in [6, 6.07) is 0. The monoisotopic (exact) mass is 312 g/mol. The van der Waals surface area contributed by atoms with Crippen LogP contribution in [0.4, 0.5) is 0 Å². The minimum Gasteiger partial charge on any atom is -0.466 e. The minimum absolute atomic E-state index is 0.345. The minimum atomic E-state index is -0.453. The van der Waals surface area contributed by atoms with Crippen LogP contribution in [0.5, 0.6) is 0 Å². The van der Waals surface area contributed by atoms with Gasteiger partial charge in [0.15, 0.2) is 0 Å². The molecule has 0 fully saturated rings. The smallest absolute Gasteiger partial charge is 0.334 e. The lowest BCUT2D eigenvalue weighted by molar-refractivity contribution is -0.139. The van der Waals surface area contributed by atoms with Crippen molar-refractivity contribution in [1.29, 1.82) is 0 Å². The SMILES string of the molecule is COC(=O)C1=C(C(=O)OC)CC2=CC3C=CC=CC(C=C2C1)C3. The maximum Gasteiger partial charge on any atom is 0.334 e. The highest BCUT2D eigenvalue weighted by Crippen LogP contribution is 2.40. The molecule has 4 nitrogen and oxygen atoms in total. The van der Waals surface area contributed by atoms with Crippen molar-refractivity contribution in [1.82, 2.24) is 0 Å². The molecule has 23 heavy (non-hydrogen) atoms. The zero-order valence-corrected chi connectivity index (χ0v) is 13.4. The molecule has 0 saturated carbocycles. The second-order valence-corrected chi connectivity index (χ2v) is 6.01. The number of carbonyl (C=O) groups is 2. The summed E-state index contributed by atoms with van der Waals surface area (Å²) in [7, 11) is 2.67. The molecule has 0 aromatic heterocycles. The lowest BCUT2D eigenvalue weighted by Crippen LogP contribution is -2.20. The summed E-state index contributed by atoms with van der Waals surface area (Å²) in [5, 5.41) is 0. The van der Waals surface area contributed by atoms with E-state index < -0.39 is 11.9 Å². The van der Waals surface area contributed by atoms with Crippen LogP contribution < -0.4 is 0 Å². The normalized spacial score (nSPS) is 25.7. The number of rotatable bonds is 2. The van der Waals surface area contributed by atoms with Crippen LogP contribution in [0.25, 0.3) is 0 Å². The van der Waals surface area contributed by atoms with Crippen molar-refractivity contribution in [3.8, 4) is 0 Å². The summed E-state index contributed by atoms with van der Waals surface area (Å²) >= 11 is 0. The maximum absolute atomic E-state index is 12.1. The summed E-state index contributed by atoms with van der Waals surface area (Å²) < 4.78 is 9.71. The van der Waals surface area contributed by atoms with E-state index in [9.17, 15) is 9.59 Å². The van der Waals surface area contributed by atoms with Gasteiger partial charge in [0.25, 0.3) is 0 Å². The van der Waals surface area contributed by atoms with Crippen LogP contribution in [0.1, 0.15) is 19.3 Å². The van der Waals surface area contributed by atoms with Gasteiger partial charge in [-0.3, -0.25) is 0 Å². The van der Waals surface area contributed by atoms with E-state index in [1.807, 2.05) is 0 Å². The van der Waals surface area contributed by atoms with Crippen molar-refractivity contribution in [2.75, 3.05) is 14.2 Å². The Hall–Kier alpha value is -2.36. The number of fused-ring (bicyclic) bond motifs is 3. The third-order valence-electron chi connectivity index (χ3n) is 4.58. The molecule has 0 aromatic rings. The fourth-order valence-electron chi connectivity index (χ4n) is 3.44. The van der Waals surface area contributed by atoms with Crippen LogP contribution in [-0.2, 0) is 19.1 Å². The largest absolute Gasteiger partial charge is 0.466 e. The van der Waals surface area contributed by atoms with Gasteiger partial charge in [0, 0.05) is 12.8 Å². The number of esters is 2. The zero-order valence-electron chi connectivity index (χ0n) is 13.4. The van der Waals surface area contributed by atoms with Gasteiger partial charge in [-0.1, -0.05) is 36.5 Å². The van der Waals surface area contributed by atoms with Gasteiger partial charge in [-0.25, -0.2) is 9.59 Å². The first kappa shape index (κ1) is 15.5. The van der Waals surface area contributed by atoms with Crippen molar-refractivity contribution >= 4 is 11.9 Å². The van der Waals surface area contributed by atoms with Crippen LogP contribution in [0.2, 0.25) is 0 Å². The Morgan fingerprint density at radius 3 is 1.70 bits per heavy atom. The van der Waals surface area contributed by atoms with Crippen LogP contribution in [0, 0.1) is 11.8 Å². The van der Waals surface area contributed by atoms with E-state index in [0.717, 1.165) is 17.6 Å². The summed E-state index contributed by atoms with van der Waals surface area (Å²) in [4.78, 5) is 24.2. The van der Waals surface area contributed by atoms with Gasteiger partial charge in [0.05, 0.1) is 25.4 Å². The van der Waals surface area contributed by atoms with Gasteiger partial charge in [0.2, 0.25) is 0 Å². The van der Waals surface area contributed by atoms with Crippen LogP contribution >= 0.6 is 0 Å². The molecule has 0 N–H and O–H groups in total. The zero-order chi connectivity index (χ0) is 16.4. The average molecular weight is 312 g/mol. The Bertz CT molecular complexity index is 630. The molecule has 3 aliphatic carbocycles. The molecule has 0 amide bonds. The van der Waals surface area contributed by atoms with Crippen LogP contribution in [-0.4, -0.2) is 26.2 Å². The highest BCUT2D eigenvalue weighted by atomic mass is 16.5. The molecular weight excluding hydrogens is 292 g/mol. The van der Waals surface area contributed by atoms with Crippen molar-refractivity contribution in [2.45, 2.75) is 19.3 Å². The number of allylic oxidation sites excluding steroid dienone is 8. The number of carbonyl (C=O) groups excluding carboxylic acids is 2. The fraction of sp³-hybridized carbons (Fsp3) is 0.368. The van der Waals surface area contributed by atoms with Gasteiger partial charge < -0.3 is 9.47 Å². The quantitative estimate of drug-likeness (QED) is 0.735. The van der Waals surface area contributed by atoms with Gasteiger partial charge in [-0.05, 0) is 29.4 Å². The van der Waals surface area contributed by atoms with E-state index in [2.05, 4.69) is 36.5 Å². The Morgan fingerprint density at radius 2 is 1.30 bits per heavy atom. The number of methoxy groups -OCH3 is 2. The second kappa shape index (κ2) is 6.41. The van der Waals surface area contributed by atoms with E-state index in [1.54, 1.807) is 0 Å². The van der Waals surface area contributed by atoms with Gasteiger partial charge in [-0.2, -0.15) is 0 Å². The van der Waals surface area contributed by atoms with Gasteiger partial charge >= 0.3 is 11.9 Å². The topological polar surface area (TPSA) is 52.6 Å².